The molecule has 154 valence electrons. The summed E-state index contributed by atoms with van der Waals surface area (Å²) in [6.07, 6.45) is 2.71. The first kappa shape index (κ1) is 20.2. The fourth-order valence-electron chi connectivity index (χ4n) is 4.25. The Labute approximate surface area is 178 Å². The van der Waals surface area contributed by atoms with E-state index in [1.54, 1.807) is 6.20 Å². The van der Waals surface area contributed by atoms with Gasteiger partial charge in [0.05, 0.1) is 22.8 Å². The maximum Gasteiger partial charge on any atom is 0.322 e. The van der Waals surface area contributed by atoms with Crippen molar-refractivity contribution in [3.05, 3.63) is 46.4 Å². The first-order valence-corrected chi connectivity index (χ1v) is 11.0. The van der Waals surface area contributed by atoms with Crippen LogP contribution in [0.25, 0.3) is 10.9 Å². The van der Waals surface area contributed by atoms with E-state index in [-0.39, 0.29) is 17.4 Å². The molecule has 3 heterocycles. The zero-order valence-electron chi connectivity index (χ0n) is 16.5. The van der Waals surface area contributed by atoms with Crippen molar-refractivity contribution in [1.82, 2.24) is 15.1 Å². The molecule has 1 saturated heterocycles. The van der Waals surface area contributed by atoms with E-state index in [1.165, 1.54) is 11.3 Å². The summed E-state index contributed by atoms with van der Waals surface area (Å²) in [5.74, 6) is 0.278. The molecule has 1 atom stereocenters. The van der Waals surface area contributed by atoms with Crippen LogP contribution >= 0.6 is 22.9 Å². The van der Waals surface area contributed by atoms with E-state index < -0.39 is 6.10 Å². The van der Waals surface area contributed by atoms with Crippen LogP contribution in [0.15, 0.2) is 35.8 Å². The van der Waals surface area contributed by atoms with Gasteiger partial charge in [0.2, 0.25) is 0 Å². The molecule has 3 N–H and O–H groups in total. The number of fused-ring (bicyclic) bond motifs is 1. The molecule has 2 amide bonds. The van der Waals surface area contributed by atoms with Gasteiger partial charge in [0.1, 0.15) is 0 Å². The summed E-state index contributed by atoms with van der Waals surface area (Å²) in [6, 6.07) is 7.42. The number of amides is 2. The van der Waals surface area contributed by atoms with Crippen molar-refractivity contribution < 1.29 is 9.90 Å². The van der Waals surface area contributed by atoms with Gasteiger partial charge in [-0.2, -0.15) is 5.10 Å². The number of halogens is 1. The van der Waals surface area contributed by atoms with Crippen LogP contribution in [-0.2, 0) is 0 Å². The summed E-state index contributed by atoms with van der Waals surface area (Å²) in [7, 11) is 0. The second kappa shape index (κ2) is 7.97. The van der Waals surface area contributed by atoms with E-state index in [1.807, 2.05) is 34.5 Å². The van der Waals surface area contributed by atoms with Gasteiger partial charge in [0.15, 0.2) is 0 Å². The fourth-order valence-corrected chi connectivity index (χ4v) is 5.09. The summed E-state index contributed by atoms with van der Waals surface area (Å²) in [5, 5.41) is 25.6. The van der Waals surface area contributed by atoms with Crippen molar-refractivity contribution in [1.29, 1.82) is 0 Å². The van der Waals surface area contributed by atoms with E-state index in [2.05, 4.69) is 29.4 Å². The molecule has 0 bridgehead atoms. The van der Waals surface area contributed by atoms with Gasteiger partial charge in [0.25, 0.3) is 0 Å². The van der Waals surface area contributed by atoms with E-state index in [4.69, 9.17) is 11.6 Å². The number of likely N-dealkylation sites (tertiary alicyclic amines) is 1. The normalized spacial score (nSPS) is 16.9. The molecular formula is C21H25ClN4O2S. The largest absolute Gasteiger partial charge is 0.388 e. The third-order valence-electron chi connectivity index (χ3n) is 6.13. The Morgan fingerprint density at radius 1 is 1.41 bits per heavy atom. The predicted octanol–water partition coefficient (Wildman–Crippen LogP) is 5.28. The van der Waals surface area contributed by atoms with E-state index in [0.29, 0.717) is 18.1 Å². The smallest absolute Gasteiger partial charge is 0.322 e. The first-order chi connectivity index (χ1) is 13.9. The second-order valence-corrected chi connectivity index (χ2v) is 9.61. The Morgan fingerprint density at radius 3 is 2.86 bits per heavy atom. The lowest BCUT2D eigenvalue weighted by atomic mass is 9.68. The van der Waals surface area contributed by atoms with E-state index in [0.717, 1.165) is 34.3 Å². The number of carbonyl (C=O) groups is 1. The SMILES string of the molecule is CC(C)(C1CCN(C(=O)Nc2cccs2)CC1)C(O)c1cc(Cl)cc2cn[nH]c12. The molecule has 2 aromatic heterocycles. The van der Waals surface area contributed by atoms with Gasteiger partial charge in [-0.05, 0) is 53.8 Å². The van der Waals surface area contributed by atoms with E-state index in [9.17, 15) is 9.90 Å². The van der Waals surface area contributed by atoms with Crippen LogP contribution in [0.1, 0.15) is 38.4 Å². The fraction of sp³-hybridized carbons (Fsp3) is 0.429. The molecule has 8 heteroatoms. The molecule has 1 fully saturated rings. The summed E-state index contributed by atoms with van der Waals surface area (Å²) in [4.78, 5) is 14.3. The number of nitrogens with zero attached hydrogens (tertiary/aromatic N) is 2. The van der Waals surface area contributed by atoms with Gasteiger partial charge < -0.3 is 10.0 Å². The average Bonchev–Trinajstić information content (AvgIpc) is 3.38. The highest BCUT2D eigenvalue weighted by atomic mass is 35.5. The topological polar surface area (TPSA) is 81.2 Å². The van der Waals surface area contributed by atoms with Crippen molar-refractivity contribution >= 4 is 44.9 Å². The zero-order valence-corrected chi connectivity index (χ0v) is 18.1. The minimum atomic E-state index is -0.694. The zero-order chi connectivity index (χ0) is 20.6. The van der Waals surface area contributed by atoms with Crippen molar-refractivity contribution in [3.8, 4) is 0 Å². The van der Waals surface area contributed by atoms with Gasteiger partial charge in [-0.3, -0.25) is 10.4 Å². The molecule has 3 aromatic rings. The summed E-state index contributed by atoms with van der Waals surface area (Å²) < 4.78 is 0. The third-order valence-corrected chi connectivity index (χ3v) is 7.13. The Hall–Kier alpha value is -2.09. The number of aromatic nitrogens is 2. The molecule has 0 radical (unpaired) electrons. The molecule has 1 aliphatic heterocycles. The monoisotopic (exact) mass is 432 g/mol. The number of carbonyl (C=O) groups excluding carboxylic acids is 1. The summed E-state index contributed by atoms with van der Waals surface area (Å²) in [5.41, 5.74) is 1.22. The molecule has 1 unspecified atom stereocenters. The summed E-state index contributed by atoms with van der Waals surface area (Å²) in [6.45, 7) is 5.53. The van der Waals surface area contributed by atoms with Crippen LogP contribution in [0.5, 0.6) is 0 Å². The number of aromatic amines is 1. The Morgan fingerprint density at radius 2 is 2.17 bits per heavy atom. The number of nitrogens with one attached hydrogen (secondary N) is 2. The molecule has 0 saturated carbocycles. The molecular weight excluding hydrogens is 408 g/mol. The molecule has 0 spiro atoms. The number of benzene rings is 1. The van der Waals surface area contributed by atoms with Gasteiger partial charge in [-0.25, -0.2) is 4.79 Å². The number of H-pyrrole nitrogens is 1. The van der Waals surface area contributed by atoms with Gasteiger partial charge in [-0.15, -0.1) is 11.3 Å². The third kappa shape index (κ3) is 3.99. The number of rotatable bonds is 4. The standard InChI is InChI=1S/C21H25ClN4O2S/c1-21(2,19(27)16-11-15(22)10-13-12-23-25-18(13)16)14-5-7-26(8-6-14)20(28)24-17-4-3-9-29-17/h3-4,9-12,14,19,27H,5-8H2,1-2H3,(H,23,25)(H,24,28). The molecule has 6 nitrogen and oxygen atoms in total. The van der Waals surface area contributed by atoms with Crippen molar-refractivity contribution in [2.45, 2.75) is 32.8 Å². The molecule has 1 aromatic carbocycles. The number of anilines is 1. The van der Waals surface area contributed by atoms with Gasteiger partial charge in [-0.1, -0.05) is 25.4 Å². The summed E-state index contributed by atoms with van der Waals surface area (Å²) >= 11 is 7.78. The molecule has 4 rings (SSSR count). The Balaban J connectivity index is 1.45. The highest BCUT2D eigenvalue weighted by Crippen LogP contribution is 2.46. The maximum absolute atomic E-state index is 12.5. The van der Waals surface area contributed by atoms with Crippen LogP contribution in [0.2, 0.25) is 5.02 Å². The lowest BCUT2D eigenvalue weighted by Gasteiger charge is -2.43. The van der Waals surface area contributed by atoms with Gasteiger partial charge in [0, 0.05) is 29.1 Å². The highest BCUT2D eigenvalue weighted by Gasteiger charge is 2.40. The van der Waals surface area contributed by atoms with Crippen LogP contribution in [0.3, 0.4) is 0 Å². The second-order valence-electron chi connectivity index (χ2n) is 8.22. The number of hydrogen-bond acceptors (Lipinski definition) is 4. The molecule has 29 heavy (non-hydrogen) atoms. The lowest BCUT2D eigenvalue weighted by Crippen LogP contribution is -2.45. The highest BCUT2D eigenvalue weighted by molar-refractivity contribution is 7.14. The van der Waals surface area contributed by atoms with Crippen LogP contribution in [0, 0.1) is 11.3 Å². The molecule has 0 aliphatic carbocycles. The number of urea groups is 1. The van der Waals surface area contributed by atoms with Crippen LogP contribution < -0.4 is 5.32 Å². The Kier molecular flexibility index (Phi) is 5.55. The first-order valence-electron chi connectivity index (χ1n) is 9.76. The quantitative estimate of drug-likeness (QED) is 0.524. The minimum absolute atomic E-state index is 0.0572. The number of thiophene rings is 1. The Bertz CT molecular complexity index is 993. The van der Waals surface area contributed by atoms with Crippen molar-refractivity contribution in [2.75, 3.05) is 18.4 Å². The minimum Gasteiger partial charge on any atom is -0.388 e. The maximum atomic E-state index is 12.5. The van der Waals surface area contributed by atoms with Crippen molar-refractivity contribution in [2.24, 2.45) is 11.3 Å². The van der Waals surface area contributed by atoms with E-state index >= 15 is 0 Å². The lowest BCUT2D eigenvalue weighted by molar-refractivity contribution is -0.0138. The molecule has 1 aliphatic rings. The predicted molar refractivity (Wildman–Crippen MR) is 117 cm³/mol. The van der Waals surface area contributed by atoms with Crippen molar-refractivity contribution in [3.63, 3.8) is 0 Å². The van der Waals surface area contributed by atoms with Crippen LogP contribution in [0.4, 0.5) is 9.80 Å². The van der Waals surface area contributed by atoms with Crippen LogP contribution in [-0.4, -0.2) is 39.3 Å². The van der Waals surface area contributed by atoms with Gasteiger partial charge >= 0.3 is 6.03 Å². The number of aliphatic hydroxyl groups excluding tert-OH is 1. The number of piperidine rings is 1. The number of hydrogen-bond donors (Lipinski definition) is 3. The average molecular weight is 433 g/mol. The number of aliphatic hydroxyl groups is 1.